The van der Waals surface area contributed by atoms with E-state index in [0.29, 0.717) is 6.07 Å². The highest BCUT2D eigenvalue weighted by atomic mass is 19.4. The first-order chi connectivity index (χ1) is 8.76. The first-order valence-electron chi connectivity index (χ1n) is 4.86. The second-order valence-electron chi connectivity index (χ2n) is 3.78. The molecular weight excluding hydrogens is 305 g/mol. The quantitative estimate of drug-likeness (QED) is 0.770. The summed E-state index contributed by atoms with van der Waals surface area (Å²) in [5.41, 5.74) is -1.70. The maximum atomic E-state index is 12.7. The highest BCUT2D eigenvalue weighted by Crippen LogP contribution is 2.45. The van der Waals surface area contributed by atoms with Crippen molar-refractivity contribution >= 4 is 0 Å². The van der Waals surface area contributed by atoms with Gasteiger partial charge in [-0.05, 0) is 11.6 Å². The Kier molecular flexibility index (Phi) is 4.01. The van der Waals surface area contributed by atoms with Gasteiger partial charge in [0.2, 0.25) is 0 Å². The maximum Gasteiger partial charge on any atom is 0.417 e. The number of hydrogen-bond donors (Lipinski definition) is 1. The molecule has 0 fully saturated rings. The van der Waals surface area contributed by atoms with Crippen LogP contribution in [0.15, 0.2) is 18.2 Å². The van der Waals surface area contributed by atoms with Gasteiger partial charge in [0, 0.05) is 0 Å². The van der Waals surface area contributed by atoms with E-state index in [1.165, 1.54) is 0 Å². The number of rotatable bonds is 1. The number of benzene rings is 1. The Bertz CT molecular complexity index is 483. The fourth-order valence-electron chi connectivity index (χ4n) is 1.56. The first kappa shape index (κ1) is 16.6. The van der Waals surface area contributed by atoms with Crippen molar-refractivity contribution in [3.8, 4) is 0 Å². The molecule has 0 unspecified atom stereocenters. The van der Waals surface area contributed by atoms with Crippen molar-refractivity contribution in [2.45, 2.75) is 24.6 Å². The molecular formula is C10H6F9N. The van der Waals surface area contributed by atoms with Gasteiger partial charge in [-0.15, -0.1) is 0 Å². The van der Waals surface area contributed by atoms with Crippen LogP contribution in [0.25, 0.3) is 0 Å². The predicted octanol–water partition coefficient (Wildman–Crippen LogP) is 4.29. The second-order valence-corrected chi connectivity index (χ2v) is 3.78. The normalized spacial score (nSPS) is 15.3. The molecule has 0 saturated heterocycles. The van der Waals surface area contributed by atoms with Crippen LogP contribution in [-0.4, -0.2) is 6.18 Å². The molecule has 1 aromatic carbocycles. The van der Waals surface area contributed by atoms with Crippen LogP contribution in [0.2, 0.25) is 0 Å². The number of nitrogens with two attached hydrogens (primary N) is 1. The van der Waals surface area contributed by atoms with E-state index in [2.05, 4.69) is 5.73 Å². The number of alkyl halides is 9. The molecule has 0 aliphatic carbocycles. The van der Waals surface area contributed by atoms with Gasteiger partial charge in [0.25, 0.3) is 0 Å². The summed E-state index contributed by atoms with van der Waals surface area (Å²) in [5, 5.41) is 0. The Morgan fingerprint density at radius 3 is 1.65 bits per heavy atom. The van der Waals surface area contributed by atoms with Crippen LogP contribution >= 0.6 is 0 Å². The number of hydrogen-bond acceptors (Lipinski definition) is 1. The molecule has 0 aromatic heterocycles. The van der Waals surface area contributed by atoms with E-state index >= 15 is 0 Å². The average molecular weight is 311 g/mol. The first-order valence-corrected chi connectivity index (χ1v) is 4.86. The Hall–Kier alpha value is -1.45. The third-order valence-electron chi connectivity index (χ3n) is 2.37. The molecule has 1 aromatic rings. The van der Waals surface area contributed by atoms with Crippen LogP contribution in [0.3, 0.4) is 0 Å². The van der Waals surface area contributed by atoms with E-state index in [1.807, 2.05) is 0 Å². The van der Waals surface area contributed by atoms with Gasteiger partial charge in [-0.1, -0.05) is 12.1 Å². The zero-order valence-electron chi connectivity index (χ0n) is 9.29. The number of halogens is 9. The molecule has 1 nitrogen and oxygen atoms in total. The summed E-state index contributed by atoms with van der Waals surface area (Å²) in [6, 6.07) is -2.40. The van der Waals surface area contributed by atoms with Crippen molar-refractivity contribution in [3.05, 3.63) is 34.9 Å². The van der Waals surface area contributed by atoms with E-state index in [-0.39, 0.29) is 12.1 Å². The second kappa shape index (κ2) is 4.83. The summed E-state index contributed by atoms with van der Waals surface area (Å²) in [5.74, 6) is 0. The smallest absolute Gasteiger partial charge is 0.316 e. The highest BCUT2D eigenvalue weighted by molar-refractivity contribution is 5.41. The Labute approximate surface area is 106 Å². The van der Waals surface area contributed by atoms with E-state index in [1.54, 1.807) is 0 Å². The average Bonchev–Trinajstić information content (AvgIpc) is 2.23. The van der Waals surface area contributed by atoms with Crippen molar-refractivity contribution in [2.24, 2.45) is 5.73 Å². The molecule has 10 heteroatoms. The molecule has 0 radical (unpaired) electrons. The summed E-state index contributed by atoms with van der Waals surface area (Å²) in [4.78, 5) is 0. The molecule has 1 rings (SSSR count). The fraction of sp³-hybridized carbons (Fsp3) is 0.400. The lowest BCUT2D eigenvalue weighted by Gasteiger charge is -2.23. The van der Waals surface area contributed by atoms with Crippen LogP contribution in [0.4, 0.5) is 39.5 Å². The summed E-state index contributed by atoms with van der Waals surface area (Å²) in [6.45, 7) is 0. The van der Waals surface area contributed by atoms with E-state index in [4.69, 9.17) is 0 Å². The van der Waals surface area contributed by atoms with Gasteiger partial charge in [-0.25, -0.2) is 0 Å². The van der Waals surface area contributed by atoms with Crippen LogP contribution in [0.5, 0.6) is 0 Å². The Balaban J connectivity index is 3.63. The SMILES string of the molecule is N[C@H](c1cccc(C(F)(F)F)c1C(F)(F)F)C(F)(F)F. The molecule has 0 aliphatic heterocycles. The molecule has 2 N–H and O–H groups in total. The minimum absolute atomic E-state index is 0.0510. The third-order valence-corrected chi connectivity index (χ3v) is 2.37. The van der Waals surface area contributed by atoms with Crippen LogP contribution in [-0.2, 0) is 12.4 Å². The standard InChI is InChI=1S/C10H6F9N/c11-8(12,13)5-3-1-2-4(6(5)9(14,15)16)7(20)10(17,18)19/h1-3,7H,20H2/t7-/m1/s1. The lowest BCUT2D eigenvalue weighted by molar-refractivity contribution is -0.168. The van der Waals surface area contributed by atoms with Gasteiger partial charge in [0.1, 0.15) is 6.04 Å². The van der Waals surface area contributed by atoms with E-state index in [9.17, 15) is 39.5 Å². The van der Waals surface area contributed by atoms with Crippen molar-refractivity contribution in [1.29, 1.82) is 0 Å². The van der Waals surface area contributed by atoms with Crippen molar-refractivity contribution < 1.29 is 39.5 Å². The Morgan fingerprint density at radius 2 is 1.30 bits per heavy atom. The van der Waals surface area contributed by atoms with Gasteiger partial charge < -0.3 is 5.73 Å². The van der Waals surface area contributed by atoms with Gasteiger partial charge in [-0.2, -0.15) is 39.5 Å². The molecule has 0 heterocycles. The molecule has 0 aliphatic rings. The van der Waals surface area contributed by atoms with Crippen molar-refractivity contribution in [1.82, 2.24) is 0 Å². The largest absolute Gasteiger partial charge is 0.417 e. The molecule has 0 saturated carbocycles. The lowest BCUT2D eigenvalue weighted by Crippen LogP contribution is -2.32. The third kappa shape index (κ3) is 3.35. The molecule has 20 heavy (non-hydrogen) atoms. The minimum Gasteiger partial charge on any atom is -0.316 e. The van der Waals surface area contributed by atoms with Crippen molar-refractivity contribution in [2.75, 3.05) is 0 Å². The zero-order chi connectivity index (χ0) is 15.9. The summed E-state index contributed by atoms with van der Waals surface area (Å²) >= 11 is 0. The lowest BCUT2D eigenvalue weighted by atomic mass is 9.95. The van der Waals surface area contributed by atoms with Crippen LogP contribution < -0.4 is 5.73 Å². The molecule has 0 spiro atoms. The van der Waals surface area contributed by atoms with Crippen LogP contribution in [0.1, 0.15) is 22.7 Å². The highest BCUT2D eigenvalue weighted by Gasteiger charge is 2.49. The monoisotopic (exact) mass is 311 g/mol. The summed E-state index contributed by atoms with van der Waals surface area (Å²) < 4.78 is 113. The van der Waals surface area contributed by atoms with E-state index in [0.717, 1.165) is 0 Å². The van der Waals surface area contributed by atoms with E-state index < -0.39 is 41.3 Å². The van der Waals surface area contributed by atoms with Gasteiger partial charge >= 0.3 is 18.5 Å². The van der Waals surface area contributed by atoms with Crippen molar-refractivity contribution in [3.63, 3.8) is 0 Å². The minimum atomic E-state index is -5.62. The molecule has 0 bridgehead atoms. The topological polar surface area (TPSA) is 26.0 Å². The van der Waals surface area contributed by atoms with Crippen LogP contribution in [0, 0.1) is 0 Å². The Morgan fingerprint density at radius 1 is 0.800 bits per heavy atom. The zero-order valence-corrected chi connectivity index (χ0v) is 9.29. The van der Waals surface area contributed by atoms with Gasteiger partial charge in [0.05, 0.1) is 11.1 Å². The molecule has 0 amide bonds. The predicted molar refractivity (Wildman–Crippen MR) is 49.4 cm³/mol. The molecule has 1 atom stereocenters. The van der Waals surface area contributed by atoms with Gasteiger partial charge in [-0.3, -0.25) is 0 Å². The fourth-order valence-corrected chi connectivity index (χ4v) is 1.56. The summed E-state index contributed by atoms with van der Waals surface area (Å²) in [6.07, 6.45) is -16.4. The molecule has 114 valence electrons. The maximum absolute atomic E-state index is 12.7. The van der Waals surface area contributed by atoms with Gasteiger partial charge in [0.15, 0.2) is 0 Å². The summed E-state index contributed by atoms with van der Waals surface area (Å²) in [7, 11) is 0.